The van der Waals surface area contributed by atoms with E-state index < -0.39 is 0 Å². The van der Waals surface area contributed by atoms with Crippen molar-refractivity contribution in [2.45, 2.75) is 6.42 Å². The summed E-state index contributed by atoms with van der Waals surface area (Å²) in [6.45, 7) is 1.82. The Morgan fingerprint density at radius 3 is 3.00 bits per heavy atom. The third kappa shape index (κ3) is 1.92. The van der Waals surface area contributed by atoms with Crippen molar-refractivity contribution in [1.82, 2.24) is 10.3 Å². The molecule has 0 fully saturated rings. The summed E-state index contributed by atoms with van der Waals surface area (Å²) in [4.78, 5) is 3.82. The van der Waals surface area contributed by atoms with E-state index in [0.717, 1.165) is 30.6 Å². The first-order valence-corrected chi connectivity index (χ1v) is 4.37. The maximum absolute atomic E-state index is 12.8. The third-order valence-electron chi connectivity index (χ3n) is 2.10. The van der Waals surface area contributed by atoms with Crippen LogP contribution in [0.25, 0.3) is 5.57 Å². The minimum absolute atomic E-state index is 0.274. The van der Waals surface area contributed by atoms with Gasteiger partial charge in [-0.2, -0.15) is 0 Å². The monoisotopic (exact) mass is 178 g/mol. The molecule has 3 heteroatoms. The predicted octanol–water partition coefficient (Wildman–Crippen LogP) is 1.60. The van der Waals surface area contributed by atoms with Crippen molar-refractivity contribution in [3.63, 3.8) is 0 Å². The van der Waals surface area contributed by atoms with E-state index in [4.69, 9.17) is 0 Å². The molecule has 0 aliphatic carbocycles. The van der Waals surface area contributed by atoms with Crippen molar-refractivity contribution >= 4 is 5.57 Å². The molecule has 0 aromatic carbocycles. The number of nitrogens with zero attached hydrogens (tertiary/aromatic N) is 1. The summed E-state index contributed by atoms with van der Waals surface area (Å²) in [5.74, 6) is -0.274. The molecule has 0 saturated carbocycles. The average Bonchev–Trinajstić information content (AvgIpc) is 2.19. The van der Waals surface area contributed by atoms with Crippen molar-refractivity contribution < 1.29 is 4.39 Å². The van der Waals surface area contributed by atoms with Crippen LogP contribution in [0.5, 0.6) is 0 Å². The van der Waals surface area contributed by atoms with Gasteiger partial charge in [-0.05, 0) is 30.2 Å². The Bertz CT molecular complexity index is 333. The van der Waals surface area contributed by atoms with Gasteiger partial charge in [-0.15, -0.1) is 0 Å². The van der Waals surface area contributed by atoms with Crippen LogP contribution in [0.1, 0.15) is 12.0 Å². The van der Waals surface area contributed by atoms with E-state index in [9.17, 15) is 4.39 Å². The fourth-order valence-electron chi connectivity index (χ4n) is 1.45. The Balaban J connectivity index is 2.29. The van der Waals surface area contributed by atoms with Crippen molar-refractivity contribution in [1.29, 1.82) is 0 Å². The van der Waals surface area contributed by atoms with Crippen LogP contribution >= 0.6 is 0 Å². The summed E-state index contributed by atoms with van der Waals surface area (Å²) in [6.07, 6.45) is 6.06. The number of aromatic nitrogens is 1. The van der Waals surface area contributed by atoms with Gasteiger partial charge >= 0.3 is 0 Å². The first kappa shape index (κ1) is 8.38. The number of hydrogen-bond acceptors (Lipinski definition) is 2. The van der Waals surface area contributed by atoms with Crippen molar-refractivity contribution in [2.75, 3.05) is 13.1 Å². The first-order valence-electron chi connectivity index (χ1n) is 4.37. The molecular weight excluding hydrogens is 167 g/mol. The highest BCUT2D eigenvalue weighted by Crippen LogP contribution is 2.16. The van der Waals surface area contributed by atoms with Crippen molar-refractivity contribution in [2.24, 2.45) is 0 Å². The quantitative estimate of drug-likeness (QED) is 0.706. The van der Waals surface area contributed by atoms with Gasteiger partial charge < -0.3 is 5.32 Å². The molecule has 1 aliphatic heterocycles. The van der Waals surface area contributed by atoms with Crippen LogP contribution in [0.3, 0.4) is 0 Å². The molecule has 0 unspecified atom stereocenters. The highest BCUT2D eigenvalue weighted by molar-refractivity contribution is 5.66. The fourth-order valence-corrected chi connectivity index (χ4v) is 1.45. The smallest absolute Gasteiger partial charge is 0.142 e. The van der Waals surface area contributed by atoms with E-state index in [1.54, 1.807) is 6.20 Å². The van der Waals surface area contributed by atoms with Crippen molar-refractivity contribution in [3.05, 3.63) is 35.9 Å². The first-order chi connectivity index (χ1) is 6.36. The predicted molar refractivity (Wildman–Crippen MR) is 49.7 cm³/mol. The molecule has 0 radical (unpaired) electrons. The van der Waals surface area contributed by atoms with E-state index >= 15 is 0 Å². The molecule has 68 valence electrons. The van der Waals surface area contributed by atoms with E-state index in [2.05, 4.69) is 16.4 Å². The van der Waals surface area contributed by atoms with Gasteiger partial charge in [0.15, 0.2) is 0 Å². The molecule has 0 saturated heterocycles. The second kappa shape index (κ2) is 3.66. The number of nitrogens with one attached hydrogen (secondary N) is 1. The van der Waals surface area contributed by atoms with Gasteiger partial charge in [0.05, 0.1) is 6.20 Å². The highest BCUT2D eigenvalue weighted by atomic mass is 19.1. The number of hydrogen-bond donors (Lipinski definition) is 1. The van der Waals surface area contributed by atoms with Gasteiger partial charge in [-0.1, -0.05) is 6.08 Å². The number of rotatable bonds is 1. The summed E-state index contributed by atoms with van der Waals surface area (Å²) < 4.78 is 12.8. The third-order valence-corrected chi connectivity index (χ3v) is 2.10. The fraction of sp³-hybridized carbons (Fsp3) is 0.300. The molecule has 0 bridgehead atoms. The molecule has 1 aromatic heterocycles. The lowest BCUT2D eigenvalue weighted by atomic mass is 10.0. The number of pyridine rings is 1. The standard InChI is InChI=1S/C10H11FN2/c11-10-4-9(6-13-7-10)8-2-1-3-12-5-8/h2,4,6-7,12H,1,3,5H2. The van der Waals surface area contributed by atoms with Gasteiger partial charge in [-0.3, -0.25) is 4.98 Å². The molecule has 13 heavy (non-hydrogen) atoms. The molecule has 1 aromatic rings. The van der Waals surface area contributed by atoms with Gasteiger partial charge in [0, 0.05) is 12.7 Å². The lowest BCUT2D eigenvalue weighted by molar-refractivity contribution is 0.620. The van der Waals surface area contributed by atoms with Crippen LogP contribution < -0.4 is 5.32 Å². The van der Waals surface area contributed by atoms with Crippen LogP contribution in [0.2, 0.25) is 0 Å². The topological polar surface area (TPSA) is 24.9 Å². The lowest BCUT2D eigenvalue weighted by Gasteiger charge is -2.13. The van der Waals surface area contributed by atoms with Crippen LogP contribution in [-0.2, 0) is 0 Å². The zero-order valence-electron chi connectivity index (χ0n) is 7.26. The number of halogens is 1. The zero-order valence-corrected chi connectivity index (χ0v) is 7.26. The second-order valence-electron chi connectivity index (χ2n) is 3.09. The highest BCUT2D eigenvalue weighted by Gasteiger charge is 2.05. The van der Waals surface area contributed by atoms with E-state index in [1.165, 1.54) is 12.3 Å². The lowest BCUT2D eigenvalue weighted by Crippen LogP contribution is -2.21. The van der Waals surface area contributed by atoms with E-state index in [0.29, 0.717) is 0 Å². The van der Waals surface area contributed by atoms with Gasteiger partial charge in [0.2, 0.25) is 0 Å². The minimum atomic E-state index is -0.274. The maximum atomic E-state index is 12.8. The van der Waals surface area contributed by atoms with Gasteiger partial charge in [0.1, 0.15) is 5.82 Å². The minimum Gasteiger partial charge on any atom is -0.312 e. The Morgan fingerprint density at radius 2 is 2.31 bits per heavy atom. The van der Waals surface area contributed by atoms with Crippen LogP contribution in [-0.4, -0.2) is 18.1 Å². The molecule has 0 atom stereocenters. The maximum Gasteiger partial charge on any atom is 0.142 e. The Hall–Kier alpha value is -1.22. The summed E-state index contributed by atoms with van der Waals surface area (Å²) >= 11 is 0. The SMILES string of the molecule is Fc1cncc(C2=CCCNC2)c1. The molecule has 2 nitrogen and oxygen atoms in total. The van der Waals surface area contributed by atoms with Crippen LogP contribution in [0.4, 0.5) is 4.39 Å². The van der Waals surface area contributed by atoms with E-state index in [-0.39, 0.29) is 5.82 Å². The summed E-state index contributed by atoms with van der Waals surface area (Å²) in [7, 11) is 0. The van der Waals surface area contributed by atoms with Gasteiger partial charge in [0.25, 0.3) is 0 Å². The van der Waals surface area contributed by atoms with Crippen LogP contribution in [0.15, 0.2) is 24.5 Å². The van der Waals surface area contributed by atoms with Crippen LogP contribution in [0, 0.1) is 5.82 Å². The normalized spacial score (nSPS) is 16.8. The van der Waals surface area contributed by atoms with Crippen molar-refractivity contribution in [3.8, 4) is 0 Å². The molecule has 0 amide bonds. The summed E-state index contributed by atoms with van der Waals surface area (Å²) in [6, 6.07) is 1.52. The molecule has 2 rings (SSSR count). The molecular formula is C10H11FN2. The Kier molecular flexibility index (Phi) is 2.36. The summed E-state index contributed by atoms with van der Waals surface area (Å²) in [5, 5.41) is 3.23. The molecule has 1 aliphatic rings. The van der Waals surface area contributed by atoms with Gasteiger partial charge in [-0.25, -0.2) is 4.39 Å². The summed E-state index contributed by atoms with van der Waals surface area (Å²) in [5.41, 5.74) is 2.02. The Morgan fingerprint density at radius 1 is 1.38 bits per heavy atom. The van der Waals surface area contributed by atoms with E-state index in [1.807, 2.05) is 0 Å². The molecule has 1 N–H and O–H groups in total. The molecule has 2 heterocycles. The largest absolute Gasteiger partial charge is 0.312 e. The Labute approximate surface area is 76.5 Å². The second-order valence-corrected chi connectivity index (χ2v) is 3.09. The average molecular weight is 178 g/mol. The molecule has 0 spiro atoms. The zero-order chi connectivity index (χ0) is 9.10.